The number of hydrogen-bond acceptors (Lipinski definition) is 5. The van der Waals surface area contributed by atoms with E-state index < -0.39 is 17.2 Å². The van der Waals surface area contributed by atoms with Crippen molar-refractivity contribution in [2.45, 2.75) is 77.2 Å². The SMILES string of the molecule is CC(=O)[C@@]1(OC(=O)O)CC[C@H]2[C@@H]3C=CC4=CC(=O)CC[C@@]4(C)[C@@H]3CC[C@@]21CCCc1ccc(C=O)cc1. The molecule has 1 N–H and O–H groups in total. The molecule has 4 aliphatic rings. The van der Waals surface area contributed by atoms with Crippen LogP contribution in [0.3, 0.4) is 0 Å². The van der Waals surface area contributed by atoms with Crippen molar-refractivity contribution in [2.24, 2.45) is 28.6 Å². The number of allylic oxidation sites excluding steroid dienone is 4. The fraction of sp³-hybridized carbons (Fsp3) is 0.548. The minimum atomic E-state index is -1.39. The molecule has 1 aromatic carbocycles. The summed E-state index contributed by atoms with van der Waals surface area (Å²) in [6.07, 6.45) is 12.1. The second-order valence-electron chi connectivity index (χ2n) is 11.8. The third-order valence-electron chi connectivity index (χ3n) is 10.4. The maximum atomic E-state index is 13.3. The summed E-state index contributed by atoms with van der Waals surface area (Å²) in [5.74, 6) is 0.710. The molecule has 0 aliphatic heterocycles. The zero-order valence-electron chi connectivity index (χ0n) is 21.7. The van der Waals surface area contributed by atoms with Gasteiger partial charge in [-0.3, -0.25) is 14.4 Å². The quantitative estimate of drug-likeness (QED) is 0.354. The first kappa shape index (κ1) is 25.6. The Morgan fingerprint density at radius 3 is 2.51 bits per heavy atom. The third kappa shape index (κ3) is 4.00. The van der Waals surface area contributed by atoms with Crippen molar-refractivity contribution in [1.82, 2.24) is 0 Å². The molecule has 6 atom stereocenters. The van der Waals surface area contributed by atoms with E-state index in [4.69, 9.17) is 4.74 Å². The Balaban J connectivity index is 1.49. The highest BCUT2D eigenvalue weighted by Crippen LogP contribution is 2.68. The number of fused-ring (bicyclic) bond motifs is 5. The van der Waals surface area contributed by atoms with Gasteiger partial charge in [0.25, 0.3) is 0 Å². The second kappa shape index (κ2) is 9.38. The van der Waals surface area contributed by atoms with E-state index in [1.54, 1.807) is 0 Å². The number of ketones is 2. The normalized spacial score (nSPS) is 36.1. The van der Waals surface area contributed by atoms with Gasteiger partial charge >= 0.3 is 6.16 Å². The number of rotatable bonds is 7. The molecule has 1 aromatic rings. The summed E-state index contributed by atoms with van der Waals surface area (Å²) in [6.45, 7) is 3.77. The number of ether oxygens (including phenoxy) is 1. The molecule has 0 aromatic heterocycles. The first-order chi connectivity index (χ1) is 17.6. The molecule has 4 aliphatic carbocycles. The third-order valence-corrected chi connectivity index (χ3v) is 10.4. The lowest BCUT2D eigenvalue weighted by atomic mass is 9.46. The van der Waals surface area contributed by atoms with Crippen LogP contribution in [0.2, 0.25) is 0 Å². The molecule has 0 bridgehead atoms. The molecule has 37 heavy (non-hydrogen) atoms. The zero-order valence-corrected chi connectivity index (χ0v) is 21.7. The van der Waals surface area contributed by atoms with E-state index in [1.165, 1.54) is 6.92 Å². The van der Waals surface area contributed by atoms with Crippen LogP contribution in [0.15, 0.2) is 48.1 Å². The van der Waals surface area contributed by atoms with Crippen LogP contribution in [0, 0.1) is 28.6 Å². The van der Waals surface area contributed by atoms with Crippen LogP contribution in [0.5, 0.6) is 0 Å². The van der Waals surface area contributed by atoms with E-state index in [2.05, 4.69) is 19.1 Å². The standard InChI is InChI=1S/C31H36O6/c1-20(33)31(37-28(35)36)17-13-27-25-10-9-23-18-24(34)11-15-29(23,2)26(25)12-16-30(27,31)14-3-4-21-5-7-22(19-32)8-6-21/h5-10,18-19,25-27H,3-4,11-17H2,1-2H3,(H,35,36)/t25-,26-,27+,29-,30+,31+/m1/s1. The van der Waals surface area contributed by atoms with Gasteiger partial charge < -0.3 is 9.84 Å². The number of benzene rings is 1. The van der Waals surface area contributed by atoms with E-state index in [-0.39, 0.29) is 28.8 Å². The first-order valence-corrected chi connectivity index (χ1v) is 13.6. The van der Waals surface area contributed by atoms with Gasteiger partial charge in [-0.05, 0) is 98.7 Å². The Morgan fingerprint density at radius 2 is 1.84 bits per heavy atom. The average Bonchev–Trinajstić information content (AvgIpc) is 3.19. The van der Waals surface area contributed by atoms with Gasteiger partial charge in [0.15, 0.2) is 17.2 Å². The fourth-order valence-corrected chi connectivity index (χ4v) is 8.60. The molecule has 6 nitrogen and oxygen atoms in total. The van der Waals surface area contributed by atoms with Gasteiger partial charge in [0.2, 0.25) is 0 Å². The van der Waals surface area contributed by atoms with Gasteiger partial charge in [-0.15, -0.1) is 0 Å². The Morgan fingerprint density at radius 1 is 1.11 bits per heavy atom. The molecule has 0 radical (unpaired) electrons. The molecule has 2 saturated carbocycles. The van der Waals surface area contributed by atoms with Crippen molar-refractivity contribution in [2.75, 3.05) is 0 Å². The molecule has 0 spiro atoms. The van der Waals surface area contributed by atoms with Gasteiger partial charge in [-0.2, -0.15) is 0 Å². The molecular formula is C31H36O6. The van der Waals surface area contributed by atoms with E-state index in [0.29, 0.717) is 30.7 Å². The summed E-state index contributed by atoms with van der Waals surface area (Å²) in [4.78, 5) is 48.4. The van der Waals surface area contributed by atoms with Crippen molar-refractivity contribution < 1.29 is 29.0 Å². The Hall–Kier alpha value is -3.02. The molecule has 0 saturated heterocycles. The number of carboxylic acid groups (broad SMARTS) is 1. The maximum absolute atomic E-state index is 13.3. The predicted molar refractivity (Wildman–Crippen MR) is 138 cm³/mol. The second-order valence-corrected chi connectivity index (χ2v) is 11.8. The highest BCUT2D eigenvalue weighted by atomic mass is 16.7. The van der Waals surface area contributed by atoms with Crippen molar-refractivity contribution >= 4 is 24.0 Å². The number of Topliss-reactive ketones (excluding diaryl/α,β-unsaturated/α-hetero) is 1. The number of aldehydes is 1. The van der Waals surface area contributed by atoms with Crippen molar-refractivity contribution in [1.29, 1.82) is 0 Å². The van der Waals surface area contributed by atoms with Crippen LogP contribution >= 0.6 is 0 Å². The van der Waals surface area contributed by atoms with Crippen LogP contribution in [0.4, 0.5) is 4.79 Å². The fourth-order valence-electron chi connectivity index (χ4n) is 8.60. The molecule has 2 fully saturated rings. The van der Waals surface area contributed by atoms with Crippen molar-refractivity contribution in [3.8, 4) is 0 Å². The van der Waals surface area contributed by atoms with E-state index >= 15 is 0 Å². The van der Waals surface area contributed by atoms with Gasteiger partial charge in [0, 0.05) is 17.4 Å². The monoisotopic (exact) mass is 504 g/mol. The topological polar surface area (TPSA) is 97.7 Å². The first-order valence-electron chi connectivity index (χ1n) is 13.6. The summed E-state index contributed by atoms with van der Waals surface area (Å²) >= 11 is 0. The summed E-state index contributed by atoms with van der Waals surface area (Å²) < 4.78 is 5.64. The lowest BCUT2D eigenvalue weighted by molar-refractivity contribution is -0.166. The molecule has 0 amide bonds. The largest absolute Gasteiger partial charge is 0.506 e. The minimum absolute atomic E-state index is 0.0745. The van der Waals surface area contributed by atoms with Crippen LogP contribution in [0.1, 0.15) is 81.1 Å². The van der Waals surface area contributed by atoms with Crippen molar-refractivity contribution in [3.05, 3.63) is 59.2 Å². The lowest BCUT2D eigenvalue weighted by Crippen LogP contribution is -2.59. The van der Waals surface area contributed by atoms with E-state index in [1.807, 2.05) is 30.3 Å². The Kier molecular flexibility index (Phi) is 6.49. The van der Waals surface area contributed by atoms with E-state index in [0.717, 1.165) is 55.9 Å². The summed E-state index contributed by atoms with van der Waals surface area (Å²) in [5, 5.41) is 9.74. The molecule has 6 heteroatoms. The highest BCUT2D eigenvalue weighted by molar-refractivity contribution is 5.92. The van der Waals surface area contributed by atoms with Gasteiger partial charge in [0.05, 0.1) is 0 Å². The Labute approximate surface area is 218 Å². The molecule has 196 valence electrons. The van der Waals surface area contributed by atoms with Crippen LogP contribution < -0.4 is 0 Å². The molecule has 0 unspecified atom stereocenters. The maximum Gasteiger partial charge on any atom is 0.506 e. The van der Waals surface area contributed by atoms with E-state index in [9.17, 15) is 24.3 Å². The highest BCUT2D eigenvalue weighted by Gasteiger charge is 2.69. The Bertz CT molecular complexity index is 1180. The van der Waals surface area contributed by atoms with Gasteiger partial charge in [-0.25, -0.2) is 4.79 Å². The lowest BCUT2D eigenvalue weighted by Gasteiger charge is -2.58. The summed E-state index contributed by atoms with van der Waals surface area (Å²) in [6, 6.07) is 7.54. The van der Waals surface area contributed by atoms with Gasteiger partial charge in [-0.1, -0.05) is 43.3 Å². The summed E-state index contributed by atoms with van der Waals surface area (Å²) in [7, 11) is 0. The van der Waals surface area contributed by atoms with Gasteiger partial charge in [0.1, 0.15) is 6.29 Å². The molecule has 5 rings (SSSR count). The smallest absolute Gasteiger partial charge is 0.450 e. The number of hydrogen-bond donors (Lipinski definition) is 1. The minimum Gasteiger partial charge on any atom is -0.450 e. The van der Waals surface area contributed by atoms with Crippen LogP contribution in [-0.2, 0) is 20.7 Å². The molecular weight excluding hydrogens is 468 g/mol. The number of carbonyl (C=O) groups excluding carboxylic acids is 3. The zero-order chi connectivity index (χ0) is 26.4. The van der Waals surface area contributed by atoms with Crippen molar-refractivity contribution in [3.63, 3.8) is 0 Å². The van der Waals surface area contributed by atoms with Crippen LogP contribution in [-0.4, -0.2) is 34.7 Å². The average molecular weight is 505 g/mol. The number of carbonyl (C=O) groups is 4. The van der Waals surface area contributed by atoms with Crippen LogP contribution in [0.25, 0.3) is 0 Å². The molecule has 0 heterocycles. The summed E-state index contributed by atoms with van der Waals surface area (Å²) in [5.41, 5.74) is 0.905. The predicted octanol–water partition coefficient (Wildman–Crippen LogP) is 6.13. The number of aryl methyl sites for hydroxylation is 1.